The van der Waals surface area contributed by atoms with Gasteiger partial charge in [-0.2, -0.15) is 0 Å². The van der Waals surface area contributed by atoms with Crippen LogP contribution in [0.5, 0.6) is 0 Å². The van der Waals surface area contributed by atoms with E-state index in [0.29, 0.717) is 0 Å². The zero-order chi connectivity index (χ0) is 22.8. The zero-order valence-electron chi connectivity index (χ0n) is 17.7. The monoisotopic (exact) mass is 434 g/mol. The van der Waals surface area contributed by atoms with Crippen molar-refractivity contribution in [3.63, 3.8) is 0 Å². The summed E-state index contributed by atoms with van der Waals surface area (Å²) in [6.45, 7) is 5.75. The zero-order valence-corrected chi connectivity index (χ0v) is 17.7. The molecule has 11 heteroatoms. The molecule has 10 N–H and O–H groups in total. The molecule has 3 aliphatic rings. The number of benzene rings is 1. The molecule has 1 saturated heterocycles. The number of nitrogens with zero attached hydrogens (tertiary/aromatic N) is 1. The van der Waals surface area contributed by atoms with E-state index in [4.69, 9.17) is 16.2 Å². The molecular formula is C20H30N6O5+2. The fraction of sp³-hybridized carbons (Fsp3) is 0.550. The van der Waals surface area contributed by atoms with Gasteiger partial charge >= 0.3 is 23.6 Å². The molecule has 4 rings (SSSR count). The van der Waals surface area contributed by atoms with E-state index in [1.807, 2.05) is 12.1 Å². The van der Waals surface area contributed by atoms with Gasteiger partial charge in [0.15, 0.2) is 12.1 Å². The number of hydrogen-bond donors (Lipinski definition) is 8. The van der Waals surface area contributed by atoms with Crippen molar-refractivity contribution in [2.45, 2.75) is 55.8 Å². The predicted molar refractivity (Wildman–Crippen MR) is 110 cm³/mol. The quantitative estimate of drug-likeness (QED) is 0.132. The number of carbonyl (C=O) groups excluding carboxylic acids is 1. The molecule has 168 valence electrons. The number of aliphatic hydroxyl groups is 3. The minimum atomic E-state index is -2.58. The molecule has 0 aromatic heterocycles. The third-order valence-electron chi connectivity index (χ3n) is 6.33. The lowest BCUT2D eigenvalue weighted by atomic mass is 9.86. The maximum absolute atomic E-state index is 12.8. The van der Waals surface area contributed by atoms with Crippen LogP contribution in [-0.4, -0.2) is 80.6 Å². The van der Waals surface area contributed by atoms with E-state index in [1.165, 1.54) is 4.58 Å². The van der Waals surface area contributed by atoms with Gasteiger partial charge in [0.2, 0.25) is 0 Å². The van der Waals surface area contributed by atoms with Gasteiger partial charge in [-0.25, -0.2) is 14.7 Å². The molecule has 1 aromatic rings. The summed E-state index contributed by atoms with van der Waals surface area (Å²) in [7, 11) is 0. The average molecular weight is 434 g/mol. The molecule has 31 heavy (non-hydrogen) atoms. The summed E-state index contributed by atoms with van der Waals surface area (Å²) in [6.07, 6.45) is -1.34. The Morgan fingerprint density at radius 1 is 1.29 bits per heavy atom. The van der Waals surface area contributed by atoms with Crippen molar-refractivity contribution in [3.05, 3.63) is 35.4 Å². The normalized spacial score (nSPS) is 31.3. The van der Waals surface area contributed by atoms with Crippen LogP contribution in [0.2, 0.25) is 0 Å². The van der Waals surface area contributed by atoms with Gasteiger partial charge in [0, 0.05) is 0 Å². The van der Waals surface area contributed by atoms with E-state index >= 15 is 0 Å². The minimum absolute atomic E-state index is 0.0719. The van der Waals surface area contributed by atoms with Crippen LogP contribution in [0, 0.1) is 0 Å². The number of carbonyl (C=O) groups is 1. The van der Waals surface area contributed by atoms with Crippen LogP contribution < -0.4 is 27.1 Å². The van der Waals surface area contributed by atoms with E-state index in [2.05, 4.69) is 36.4 Å². The summed E-state index contributed by atoms with van der Waals surface area (Å²) in [4.78, 5) is 15.7. The number of esters is 1. The van der Waals surface area contributed by atoms with Gasteiger partial charge in [-0.3, -0.25) is 21.8 Å². The fourth-order valence-corrected chi connectivity index (χ4v) is 4.63. The Hall–Kier alpha value is -2.89. The molecule has 11 nitrogen and oxygen atoms in total. The lowest BCUT2D eigenvalue weighted by Crippen LogP contribution is -2.91. The summed E-state index contributed by atoms with van der Waals surface area (Å²) >= 11 is 0. The van der Waals surface area contributed by atoms with Crippen molar-refractivity contribution in [3.8, 4) is 0 Å². The van der Waals surface area contributed by atoms with Crippen LogP contribution in [0.25, 0.3) is 0 Å². The van der Waals surface area contributed by atoms with E-state index in [1.54, 1.807) is 12.1 Å². The highest BCUT2D eigenvalue weighted by Crippen LogP contribution is 2.39. The van der Waals surface area contributed by atoms with E-state index in [9.17, 15) is 20.1 Å². The second-order valence-corrected chi connectivity index (χ2v) is 9.30. The molecule has 0 amide bonds. The van der Waals surface area contributed by atoms with Crippen molar-refractivity contribution >= 4 is 17.9 Å². The number of ether oxygens (including phenoxy) is 1. The number of rotatable bonds is 3. The summed E-state index contributed by atoms with van der Waals surface area (Å²) in [5, 5.41) is 37.9. The summed E-state index contributed by atoms with van der Waals surface area (Å²) in [5.74, 6) is -3.09. The molecule has 0 radical (unpaired) electrons. The predicted octanol–water partition coefficient (Wildman–Crippen LogP) is -4.44. The Labute approximate surface area is 179 Å². The molecule has 1 spiro atoms. The van der Waals surface area contributed by atoms with Crippen LogP contribution in [-0.2, 0) is 10.2 Å². The second-order valence-electron chi connectivity index (χ2n) is 9.30. The second kappa shape index (κ2) is 6.81. The third kappa shape index (κ3) is 3.03. The number of nitrogens with one attached hydrogen (secondary N) is 3. The maximum atomic E-state index is 12.8. The maximum Gasteiger partial charge on any atom is 0.347 e. The van der Waals surface area contributed by atoms with Crippen molar-refractivity contribution in [1.29, 1.82) is 0 Å². The summed E-state index contributed by atoms with van der Waals surface area (Å²) in [5.41, 5.74) is 11.6. The lowest BCUT2D eigenvalue weighted by molar-refractivity contribution is -0.674. The first-order valence-electron chi connectivity index (χ1n) is 10.1. The smallest absolute Gasteiger partial charge is 0.347 e. The molecular weight excluding hydrogens is 404 g/mol. The fourth-order valence-electron chi connectivity index (χ4n) is 4.63. The Morgan fingerprint density at radius 2 is 1.94 bits per heavy atom. The largest absolute Gasteiger partial charge is 0.449 e. The van der Waals surface area contributed by atoms with Gasteiger partial charge in [0.25, 0.3) is 5.79 Å². The summed E-state index contributed by atoms with van der Waals surface area (Å²) in [6, 6.07) is 5.54. The number of nitrogens with two attached hydrogens (primary N) is 2. The molecule has 3 heterocycles. The van der Waals surface area contributed by atoms with Gasteiger partial charge < -0.3 is 20.1 Å². The first-order chi connectivity index (χ1) is 14.4. The first kappa shape index (κ1) is 21.3. The molecule has 1 aromatic carbocycles. The SMILES string of the molecule is CC(C)(C)c1ccc(C(=O)O[C@H]2C[N+]3=C(N)N[C@@H](CO)[C@@H]4[NH+]=C(N)N[C@@]43C2(O)O)cc1. The van der Waals surface area contributed by atoms with E-state index < -0.39 is 35.6 Å². The van der Waals surface area contributed by atoms with Gasteiger partial charge in [-0.05, 0) is 23.1 Å². The van der Waals surface area contributed by atoms with Crippen LogP contribution >= 0.6 is 0 Å². The van der Waals surface area contributed by atoms with Gasteiger partial charge in [-0.15, -0.1) is 0 Å². The Balaban J connectivity index is 1.63. The van der Waals surface area contributed by atoms with Crippen LogP contribution in [0.3, 0.4) is 0 Å². The van der Waals surface area contributed by atoms with Crippen LogP contribution in [0.4, 0.5) is 0 Å². The van der Waals surface area contributed by atoms with Crippen molar-refractivity contribution in [1.82, 2.24) is 10.6 Å². The number of hydrogen-bond acceptors (Lipinski definition) is 9. The van der Waals surface area contributed by atoms with Gasteiger partial charge in [-0.1, -0.05) is 32.9 Å². The minimum Gasteiger partial charge on any atom is -0.449 e. The molecule has 4 atom stereocenters. The van der Waals surface area contributed by atoms with E-state index in [0.717, 1.165) is 5.56 Å². The van der Waals surface area contributed by atoms with E-state index in [-0.39, 0.29) is 36.0 Å². The summed E-state index contributed by atoms with van der Waals surface area (Å²) < 4.78 is 6.98. The molecule has 3 aliphatic heterocycles. The number of aliphatic hydroxyl groups excluding tert-OH is 1. The van der Waals surface area contributed by atoms with Gasteiger partial charge in [0.1, 0.15) is 12.6 Å². The molecule has 0 unspecified atom stereocenters. The van der Waals surface area contributed by atoms with Crippen LogP contribution in [0.1, 0.15) is 36.7 Å². The standard InChI is InChI=1S/C20H28N6O5/c1-18(2,3)11-6-4-10(5-7-11)15(28)31-13-8-26-17(22)23-12(9-27)14-19(26,20(13,29)30)25-16(21)24-14/h4-7,12-14,27,29-30H,8-9H2,1-3H3,(H5,21,22,23,24,25)/p+2/t12-,13-,14-,19-/m0/s1. The molecule has 0 saturated carbocycles. The third-order valence-corrected chi connectivity index (χ3v) is 6.33. The first-order valence-corrected chi connectivity index (χ1v) is 10.1. The Kier molecular flexibility index (Phi) is 4.69. The number of guanidine groups is 2. The van der Waals surface area contributed by atoms with Crippen molar-refractivity contribution in [2.24, 2.45) is 11.5 Å². The van der Waals surface area contributed by atoms with Crippen molar-refractivity contribution in [2.75, 3.05) is 13.2 Å². The Bertz CT molecular complexity index is 967. The van der Waals surface area contributed by atoms with Crippen molar-refractivity contribution < 1.29 is 34.4 Å². The topological polar surface area (TPSA) is 180 Å². The lowest BCUT2D eigenvalue weighted by Gasteiger charge is -2.40. The molecule has 0 aliphatic carbocycles. The Morgan fingerprint density at radius 3 is 2.52 bits per heavy atom. The molecule has 1 fully saturated rings. The average Bonchev–Trinajstić information content (AvgIpc) is 3.16. The molecule has 0 bridgehead atoms. The highest BCUT2D eigenvalue weighted by molar-refractivity contribution is 5.89. The van der Waals surface area contributed by atoms with Gasteiger partial charge in [0.05, 0.1) is 12.2 Å². The highest BCUT2D eigenvalue weighted by Gasteiger charge is 2.78. The highest BCUT2D eigenvalue weighted by atomic mass is 16.6. The van der Waals surface area contributed by atoms with Crippen LogP contribution in [0.15, 0.2) is 24.3 Å².